The summed E-state index contributed by atoms with van der Waals surface area (Å²) in [7, 11) is 0. The topological polar surface area (TPSA) is 34.1 Å². The fourth-order valence-corrected chi connectivity index (χ4v) is 2.21. The Morgan fingerprint density at radius 3 is 2.40 bits per heavy atom. The number of aldehydes is 1. The average molecular weight is 266 g/mol. The van der Waals surface area contributed by atoms with Gasteiger partial charge in [-0.2, -0.15) is 0 Å². The normalized spacial score (nSPS) is 10.6. The summed E-state index contributed by atoms with van der Waals surface area (Å²) >= 11 is 0. The molecule has 0 heterocycles. The second-order valence-corrected chi connectivity index (χ2v) is 5.12. The average Bonchev–Trinajstić information content (AvgIpc) is 2.47. The van der Waals surface area contributed by atoms with Gasteiger partial charge in [0.1, 0.15) is 6.29 Å². The van der Waals surface area contributed by atoms with Gasteiger partial charge in [0.05, 0.1) is 6.42 Å². The Morgan fingerprint density at radius 1 is 1.10 bits per heavy atom. The van der Waals surface area contributed by atoms with Crippen LogP contribution in [-0.4, -0.2) is 12.1 Å². The number of carbonyl (C=O) groups is 2. The molecular weight excluding hydrogens is 248 g/mol. The van der Waals surface area contributed by atoms with E-state index in [0.717, 1.165) is 11.1 Å². The van der Waals surface area contributed by atoms with Crippen LogP contribution in [0.25, 0.3) is 11.1 Å². The van der Waals surface area contributed by atoms with Crippen LogP contribution in [0.5, 0.6) is 0 Å². The first kappa shape index (κ1) is 14.2. The molecule has 0 aliphatic heterocycles. The molecule has 2 rings (SSSR count). The highest BCUT2D eigenvalue weighted by molar-refractivity contribution is 6.07. The summed E-state index contributed by atoms with van der Waals surface area (Å²) < 4.78 is 0. The molecule has 0 aliphatic rings. The summed E-state index contributed by atoms with van der Waals surface area (Å²) in [5, 5.41) is 0. The second-order valence-electron chi connectivity index (χ2n) is 5.12. The number of Topliss-reactive ketones (excluding diaryl/α,β-unsaturated/α-hetero) is 1. The van der Waals surface area contributed by atoms with Crippen molar-refractivity contribution in [1.82, 2.24) is 0 Å². The molecule has 2 nitrogen and oxygen atoms in total. The first-order chi connectivity index (χ1) is 9.63. The summed E-state index contributed by atoms with van der Waals surface area (Å²) in [5.74, 6) is 0.266. The molecule has 0 fully saturated rings. The second kappa shape index (κ2) is 6.29. The Bertz CT molecular complexity index is 613. The number of rotatable bonds is 5. The summed E-state index contributed by atoms with van der Waals surface area (Å²) in [6.07, 6.45) is 0.592. The van der Waals surface area contributed by atoms with E-state index in [9.17, 15) is 9.59 Å². The highest BCUT2D eigenvalue weighted by atomic mass is 16.1. The van der Waals surface area contributed by atoms with E-state index in [1.165, 1.54) is 5.56 Å². The fourth-order valence-electron chi connectivity index (χ4n) is 2.21. The molecule has 0 amide bonds. The van der Waals surface area contributed by atoms with Gasteiger partial charge < -0.3 is 4.79 Å². The monoisotopic (exact) mass is 266 g/mol. The van der Waals surface area contributed by atoms with Crippen LogP contribution in [0.2, 0.25) is 0 Å². The molecule has 2 aromatic rings. The molecule has 102 valence electrons. The van der Waals surface area contributed by atoms with Gasteiger partial charge in [-0.05, 0) is 22.6 Å². The minimum atomic E-state index is -0.130. The third-order valence-corrected chi connectivity index (χ3v) is 3.36. The van der Waals surface area contributed by atoms with Crippen molar-refractivity contribution in [2.45, 2.75) is 26.2 Å². The van der Waals surface area contributed by atoms with Crippen molar-refractivity contribution in [3.05, 3.63) is 59.7 Å². The maximum atomic E-state index is 12.1. The minimum absolute atomic E-state index is 0.0686. The molecule has 20 heavy (non-hydrogen) atoms. The maximum Gasteiger partial charge on any atom is 0.170 e. The Balaban J connectivity index is 2.57. The molecule has 0 spiro atoms. The van der Waals surface area contributed by atoms with Crippen molar-refractivity contribution in [1.29, 1.82) is 0 Å². The zero-order chi connectivity index (χ0) is 14.5. The highest BCUT2D eigenvalue weighted by Crippen LogP contribution is 2.28. The third kappa shape index (κ3) is 3.02. The van der Waals surface area contributed by atoms with Gasteiger partial charge in [-0.15, -0.1) is 0 Å². The van der Waals surface area contributed by atoms with Crippen molar-refractivity contribution in [2.75, 3.05) is 0 Å². The van der Waals surface area contributed by atoms with E-state index in [1.54, 1.807) is 0 Å². The van der Waals surface area contributed by atoms with Gasteiger partial charge in [-0.25, -0.2) is 0 Å². The maximum absolute atomic E-state index is 12.1. The zero-order valence-corrected chi connectivity index (χ0v) is 11.8. The lowest BCUT2D eigenvalue weighted by Gasteiger charge is -2.13. The summed E-state index contributed by atoms with van der Waals surface area (Å²) in [6, 6.07) is 15.7. The first-order valence-electron chi connectivity index (χ1n) is 6.79. The van der Waals surface area contributed by atoms with E-state index in [-0.39, 0.29) is 12.2 Å². The van der Waals surface area contributed by atoms with Gasteiger partial charge in [-0.3, -0.25) is 4.79 Å². The van der Waals surface area contributed by atoms with Crippen LogP contribution in [-0.2, 0) is 4.79 Å². The quantitative estimate of drug-likeness (QED) is 0.460. The van der Waals surface area contributed by atoms with Crippen LogP contribution in [0.15, 0.2) is 48.5 Å². The van der Waals surface area contributed by atoms with Crippen molar-refractivity contribution >= 4 is 12.1 Å². The van der Waals surface area contributed by atoms with E-state index in [2.05, 4.69) is 19.9 Å². The first-order valence-corrected chi connectivity index (χ1v) is 6.79. The Kier molecular flexibility index (Phi) is 4.46. The minimum Gasteiger partial charge on any atom is -0.303 e. The Hall–Kier alpha value is -2.22. The van der Waals surface area contributed by atoms with Gasteiger partial charge >= 0.3 is 0 Å². The third-order valence-electron chi connectivity index (χ3n) is 3.36. The molecule has 0 bridgehead atoms. The van der Waals surface area contributed by atoms with Gasteiger partial charge in [0.25, 0.3) is 0 Å². The van der Waals surface area contributed by atoms with Crippen molar-refractivity contribution in [3.63, 3.8) is 0 Å². The lowest BCUT2D eigenvalue weighted by molar-refractivity contribution is -0.107. The number of ketones is 1. The molecule has 2 heteroatoms. The van der Waals surface area contributed by atoms with Crippen LogP contribution in [0.1, 0.15) is 42.1 Å². The number of benzene rings is 2. The lowest BCUT2D eigenvalue weighted by Crippen LogP contribution is -2.03. The molecule has 0 aromatic heterocycles. The largest absolute Gasteiger partial charge is 0.303 e. The molecule has 0 atom stereocenters. The van der Waals surface area contributed by atoms with Crippen LogP contribution in [0, 0.1) is 0 Å². The summed E-state index contributed by atoms with van der Waals surface area (Å²) in [6.45, 7) is 4.24. The van der Waals surface area contributed by atoms with E-state index < -0.39 is 0 Å². The van der Waals surface area contributed by atoms with Crippen LogP contribution in [0.3, 0.4) is 0 Å². The predicted molar refractivity (Wildman–Crippen MR) is 81.0 cm³/mol. The molecule has 2 aromatic carbocycles. The highest BCUT2D eigenvalue weighted by Gasteiger charge is 2.14. The molecule has 0 aliphatic carbocycles. The lowest BCUT2D eigenvalue weighted by atomic mass is 9.91. The van der Waals surface area contributed by atoms with Crippen LogP contribution >= 0.6 is 0 Å². The summed E-state index contributed by atoms with van der Waals surface area (Å²) in [5.41, 5.74) is 3.71. The van der Waals surface area contributed by atoms with Crippen molar-refractivity contribution in [2.24, 2.45) is 0 Å². The van der Waals surface area contributed by atoms with Gasteiger partial charge in [-0.1, -0.05) is 62.4 Å². The molecular formula is C18H18O2. The summed E-state index contributed by atoms with van der Waals surface area (Å²) in [4.78, 5) is 22.7. The van der Waals surface area contributed by atoms with Gasteiger partial charge in [0.15, 0.2) is 5.78 Å². The predicted octanol–water partition coefficient (Wildman–Crippen LogP) is 4.25. The number of carbonyl (C=O) groups excluding carboxylic acids is 2. The molecule has 0 radical (unpaired) electrons. The molecule has 0 unspecified atom stereocenters. The number of hydrogen-bond acceptors (Lipinski definition) is 2. The zero-order valence-electron chi connectivity index (χ0n) is 11.8. The van der Waals surface area contributed by atoms with Crippen LogP contribution < -0.4 is 0 Å². The van der Waals surface area contributed by atoms with E-state index >= 15 is 0 Å². The van der Waals surface area contributed by atoms with Crippen molar-refractivity contribution < 1.29 is 9.59 Å². The van der Waals surface area contributed by atoms with Gasteiger partial charge in [0, 0.05) is 5.56 Å². The molecule has 0 saturated carbocycles. The standard InChI is InChI=1S/C18H18O2/c1-13(2)15-8-9-16(18(20)10-11-19)17(12-15)14-6-4-3-5-7-14/h3-9,11-13H,10H2,1-2H3. The number of hydrogen-bond donors (Lipinski definition) is 0. The van der Waals surface area contributed by atoms with E-state index in [1.807, 2.05) is 42.5 Å². The smallest absolute Gasteiger partial charge is 0.170 e. The fraction of sp³-hybridized carbons (Fsp3) is 0.222. The van der Waals surface area contributed by atoms with Crippen LogP contribution in [0.4, 0.5) is 0 Å². The van der Waals surface area contributed by atoms with Gasteiger partial charge in [0.2, 0.25) is 0 Å². The molecule has 0 saturated heterocycles. The molecule has 0 N–H and O–H groups in total. The van der Waals surface area contributed by atoms with E-state index in [4.69, 9.17) is 0 Å². The Morgan fingerprint density at radius 2 is 1.80 bits per heavy atom. The van der Waals surface area contributed by atoms with E-state index in [0.29, 0.717) is 17.8 Å². The van der Waals surface area contributed by atoms with Crippen molar-refractivity contribution in [3.8, 4) is 11.1 Å². The SMILES string of the molecule is CC(C)c1ccc(C(=O)CC=O)c(-c2ccccc2)c1. The Labute approximate surface area is 119 Å².